The molecule has 1 saturated heterocycles. The lowest BCUT2D eigenvalue weighted by Crippen LogP contribution is -2.48. The number of hydrogen-bond donors (Lipinski definition) is 0. The molecule has 0 aliphatic carbocycles. The minimum Gasteiger partial charge on any atom is -0.372 e. The fraction of sp³-hybridized carbons (Fsp3) is 0.474. The van der Waals surface area contributed by atoms with Crippen LogP contribution in [-0.4, -0.2) is 60.5 Å². The minimum absolute atomic E-state index is 0.0548. The first kappa shape index (κ1) is 20.3. The Morgan fingerprint density at radius 3 is 2.40 bits per heavy atom. The van der Waals surface area contributed by atoms with Crippen LogP contribution in [0.2, 0.25) is 0 Å². The van der Waals surface area contributed by atoms with Crippen molar-refractivity contribution >= 4 is 11.6 Å². The van der Waals surface area contributed by atoms with Gasteiger partial charge in [-0.1, -0.05) is 0 Å². The Kier molecular flexibility index (Phi) is 4.80. The monoisotopic (exact) mass is 422 g/mol. The fourth-order valence-corrected chi connectivity index (χ4v) is 3.78. The van der Waals surface area contributed by atoms with E-state index in [1.54, 1.807) is 25.1 Å². The summed E-state index contributed by atoms with van der Waals surface area (Å²) >= 11 is 0. The molecular formula is C19H21F3N6O2. The molecule has 0 bridgehead atoms. The normalized spacial score (nSPS) is 20.2. The largest absolute Gasteiger partial charge is 0.433 e. The molecule has 2 atom stereocenters. The van der Waals surface area contributed by atoms with Crippen molar-refractivity contribution in [1.82, 2.24) is 29.3 Å². The van der Waals surface area contributed by atoms with Gasteiger partial charge in [-0.3, -0.25) is 9.48 Å². The van der Waals surface area contributed by atoms with Gasteiger partial charge in [0, 0.05) is 38.0 Å². The quantitative estimate of drug-likeness (QED) is 0.635. The Morgan fingerprint density at radius 1 is 1.17 bits per heavy atom. The summed E-state index contributed by atoms with van der Waals surface area (Å²) in [6, 6.07) is 2.22. The van der Waals surface area contributed by atoms with Crippen LogP contribution in [0.1, 0.15) is 35.7 Å². The van der Waals surface area contributed by atoms with Crippen molar-refractivity contribution in [3.8, 4) is 11.3 Å². The zero-order chi connectivity index (χ0) is 21.8. The van der Waals surface area contributed by atoms with Gasteiger partial charge >= 0.3 is 6.18 Å². The Morgan fingerprint density at radius 2 is 1.83 bits per heavy atom. The van der Waals surface area contributed by atoms with Gasteiger partial charge in [0.2, 0.25) is 0 Å². The van der Waals surface area contributed by atoms with Crippen LogP contribution in [0, 0.1) is 6.92 Å². The van der Waals surface area contributed by atoms with E-state index in [1.807, 2.05) is 13.8 Å². The van der Waals surface area contributed by atoms with Crippen molar-refractivity contribution in [2.75, 3.05) is 13.1 Å². The van der Waals surface area contributed by atoms with E-state index in [2.05, 4.69) is 15.2 Å². The highest BCUT2D eigenvalue weighted by Crippen LogP contribution is 2.33. The van der Waals surface area contributed by atoms with Crippen LogP contribution in [0.4, 0.5) is 13.2 Å². The summed E-state index contributed by atoms with van der Waals surface area (Å²) in [6.45, 7) is 6.06. The van der Waals surface area contributed by atoms with Crippen LogP contribution in [-0.2, 0) is 18.0 Å². The molecule has 0 aromatic carbocycles. The van der Waals surface area contributed by atoms with E-state index in [9.17, 15) is 18.0 Å². The standard InChI is InChI=1S/C19H21F3N6O2/c1-10-7-27(8-11(2)30-10)18(29)15-6-17-23-14(13-9-26(4)24-12(13)3)5-16(19(20,21)22)28(17)25-15/h5-6,9-11H,7-8H2,1-4H3/t10-,11+. The average Bonchev–Trinajstić information content (AvgIpc) is 3.20. The maximum atomic E-state index is 13.8. The summed E-state index contributed by atoms with van der Waals surface area (Å²) in [5.41, 5.74) is 0.00147. The zero-order valence-electron chi connectivity index (χ0n) is 16.9. The molecule has 0 radical (unpaired) electrons. The van der Waals surface area contributed by atoms with Gasteiger partial charge in [0.25, 0.3) is 5.91 Å². The van der Waals surface area contributed by atoms with Crippen LogP contribution >= 0.6 is 0 Å². The molecule has 11 heteroatoms. The lowest BCUT2D eigenvalue weighted by Gasteiger charge is -2.34. The molecule has 4 heterocycles. The molecule has 8 nitrogen and oxygen atoms in total. The number of hydrogen-bond acceptors (Lipinski definition) is 5. The maximum Gasteiger partial charge on any atom is 0.433 e. The van der Waals surface area contributed by atoms with Gasteiger partial charge in [0.15, 0.2) is 17.0 Å². The van der Waals surface area contributed by atoms with Crippen molar-refractivity contribution in [1.29, 1.82) is 0 Å². The maximum absolute atomic E-state index is 13.8. The number of carbonyl (C=O) groups excluding carboxylic acids is 1. The molecule has 0 N–H and O–H groups in total. The van der Waals surface area contributed by atoms with E-state index in [0.29, 0.717) is 28.9 Å². The Labute approximate surface area is 170 Å². The summed E-state index contributed by atoms with van der Waals surface area (Å²) < 4.78 is 49.1. The smallest absolute Gasteiger partial charge is 0.372 e. The van der Waals surface area contributed by atoms with Gasteiger partial charge in [-0.15, -0.1) is 0 Å². The fourth-order valence-electron chi connectivity index (χ4n) is 3.78. The third-order valence-corrected chi connectivity index (χ3v) is 4.93. The summed E-state index contributed by atoms with van der Waals surface area (Å²) in [4.78, 5) is 18.8. The SMILES string of the molecule is Cc1nn(C)cc1-c1cc(C(F)(F)F)n2nc(C(=O)N3C[C@@H](C)O[C@@H](C)C3)cc2n1. The Balaban J connectivity index is 1.81. The second-order valence-corrected chi connectivity index (χ2v) is 7.59. The van der Waals surface area contributed by atoms with E-state index in [0.717, 1.165) is 6.07 Å². The summed E-state index contributed by atoms with van der Waals surface area (Å²) in [5.74, 6) is -0.449. The van der Waals surface area contributed by atoms with Crippen LogP contribution in [0.25, 0.3) is 16.9 Å². The first-order chi connectivity index (χ1) is 14.0. The number of fused-ring (bicyclic) bond motifs is 1. The number of aromatic nitrogens is 5. The first-order valence-corrected chi connectivity index (χ1v) is 9.46. The predicted molar refractivity (Wildman–Crippen MR) is 101 cm³/mol. The minimum atomic E-state index is -4.68. The van der Waals surface area contributed by atoms with Gasteiger partial charge in [0.05, 0.1) is 23.6 Å². The number of amides is 1. The van der Waals surface area contributed by atoms with Gasteiger partial charge in [-0.25, -0.2) is 9.50 Å². The van der Waals surface area contributed by atoms with E-state index >= 15 is 0 Å². The van der Waals surface area contributed by atoms with E-state index < -0.39 is 17.8 Å². The Hall–Kier alpha value is -2.95. The summed E-state index contributed by atoms with van der Waals surface area (Å²) in [5, 5.41) is 8.12. The number of alkyl halides is 3. The summed E-state index contributed by atoms with van der Waals surface area (Å²) in [6.07, 6.45) is -3.41. The number of morpholine rings is 1. The highest BCUT2D eigenvalue weighted by Gasteiger charge is 2.36. The lowest BCUT2D eigenvalue weighted by molar-refractivity contribution is -0.142. The third kappa shape index (κ3) is 3.64. The molecule has 0 unspecified atom stereocenters. The molecule has 4 rings (SSSR count). The van der Waals surface area contributed by atoms with Crippen molar-refractivity contribution < 1.29 is 22.7 Å². The van der Waals surface area contributed by atoms with Crippen molar-refractivity contribution in [2.45, 2.75) is 39.2 Å². The average molecular weight is 422 g/mol. The number of nitrogens with zero attached hydrogens (tertiary/aromatic N) is 6. The zero-order valence-corrected chi connectivity index (χ0v) is 16.9. The van der Waals surface area contributed by atoms with E-state index in [1.165, 1.54) is 10.7 Å². The molecule has 3 aromatic rings. The highest BCUT2D eigenvalue weighted by atomic mass is 19.4. The Bertz CT molecular complexity index is 1110. The molecule has 1 aliphatic heterocycles. The molecule has 30 heavy (non-hydrogen) atoms. The molecule has 0 spiro atoms. The summed E-state index contributed by atoms with van der Waals surface area (Å²) in [7, 11) is 1.68. The number of rotatable bonds is 2. The second kappa shape index (κ2) is 7.08. The molecule has 3 aromatic heterocycles. The molecule has 160 valence electrons. The second-order valence-electron chi connectivity index (χ2n) is 7.59. The van der Waals surface area contributed by atoms with Gasteiger partial charge in [0.1, 0.15) is 0 Å². The predicted octanol–water partition coefficient (Wildman–Crippen LogP) is 2.71. The molecular weight excluding hydrogens is 401 g/mol. The van der Waals surface area contributed by atoms with Gasteiger partial charge < -0.3 is 9.64 Å². The lowest BCUT2D eigenvalue weighted by atomic mass is 10.1. The molecule has 0 saturated carbocycles. The number of aryl methyl sites for hydroxylation is 2. The highest BCUT2D eigenvalue weighted by molar-refractivity contribution is 5.93. The van der Waals surface area contributed by atoms with Crippen LogP contribution in [0.15, 0.2) is 18.3 Å². The molecule has 1 aliphatic rings. The molecule has 1 amide bonds. The molecule has 1 fully saturated rings. The third-order valence-electron chi connectivity index (χ3n) is 4.93. The van der Waals surface area contributed by atoms with E-state index in [-0.39, 0.29) is 29.2 Å². The number of halogens is 3. The van der Waals surface area contributed by atoms with Crippen molar-refractivity contribution in [3.05, 3.63) is 35.4 Å². The van der Waals surface area contributed by atoms with Gasteiger partial charge in [-0.2, -0.15) is 23.4 Å². The topological polar surface area (TPSA) is 77.6 Å². The first-order valence-electron chi connectivity index (χ1n) is 9.46. The van der Waals surface area contributed by atoms with Crippen LogP contribution in [0.5, 0.6) is 0 Å². The van der Waals surface area contributed by atoms with Crippen molar-refractivity contribution in [2.24, 2.45) is 7.05 Å². The van der Waals surface area contributed by atoms with Gasteiger partial charge in [-0.05, 0) is 26.8 Å². The van der Waals surface area contributed by atoms with Crippen molar-refractivity contribution in [3.63, 3.8) is 0 Å². The number of carbonyl (C=O) groups is 1. The number of ether oxygens (including phenoxy) is 1. The van der Waals surface area contributed by atoms with Crippen LogP contribution in [0.3, 0.4) is 0 Å². The van der Waals surface area contributed by atoms with Crippen LogP contribution < -0.4 is 0 Å². The van der Waals surface area contributed by atoms with E-state index in [4.69, 9.17) is 4.74 Å².